The van der Waals surface area contributed by atoms with Crippen LogP contribution in [0.25, 0.3) is 0 Å². The minimum Gasteiger partial charge on any atom is -0.420 e. The molecule has 0 spiro atoms. The van der Waals surface area contributed by atoms with E-state index in [1.54, 1.807) is 12.1 Å². The van der Waals surface area contributed by atoms with Crippen molar-refractivity contribution in [3.63, 3.8) is 0 Å². The summed E-state index contributed by atoms with van der Waals surface area (Å²) < 4.78 is 30.2. The first-order valence-corrected chi connectivity index (χ1v) is 13.3. The second-order valence-corrected chi connectivity index (χ2v) is 10.6. The van der Waals surface area contributed by atoms with E-state index in [4.69, 9.17) is 34.8 Å². The van der Waals surface area contributed by atoms with E-state index in [9.17, 15) is 18.4 Å². The fourth-order valence-corrected chi connectivity index (χ4v) is 5.09. The maximum atomic E-state index is 13.2. The molecule has 0 radical (unpaired) electrons. The Hall–Kier alpha value is -2.85. The van der Waals surface area contributed by atoms with Crippen LogP contribution >= 0.6 is 46.6 Å². The molecule has 3 aromatic carbocycles. The fourth-order valence-electron chi connectivity index (χ4n) is 3.58. The van der Waals surface area contributed by atoms with E-state index in [2.05, 4.69) is 15.0 Å². The van der Waals surface area contributed by atoms with Gasteiger partial charge in [0.15, 0.2) is 5.17 Å². The fraction of sp³-hybridized carbons (Fsp3) is 0.192. The molecule has 2 amide bonds. The van der Waals surface area contributed by atoms with Crippen molar-refractivity contribution < 1.29 is 23.1 Å². The minimum atomic E-state index is -3.85. The molecule has 0 aliphatic carbocycles. The molecule has 0 saturated carbocycles. The van der Waals surface area contributed by atoms with Crippen molar-refractivity contribution in [2.75, 3.05) is 11.9 Å². The third-order valence-electron chi connectivity index (χ3n) is 5.38. The Labute approximate surface area is 236 Å². The van der Waals surface area contributed by atoms with Gasteiger partial charge in [0.05, 0.1) is 15.7 Å². The van der Waals surface area contributed by atoms with Crippen LogP contribution in [0, 0.1) is 0 Å². The van der Waals surface area contributed by atoms with Crippen molar-refractivity contribution in [1.29, 1.82) is 0 Å². The van der Waals surface area contributed by atoms with Gasteiger partial charge in [-0.25, -0.2) is 4.99 Å². The van der Waals surface area contributed by atoms with Crippen LogP contribution in [-0.2, 0) is 16.0 Å². The van der Waals surface area contributed by atoms with Crippen molar-refractivity contribution in [3.8, 4) is 5.75 Å². The highest BCUT2D eigenvalue weighted by molar-refractivity contribution is 8.15. The molecule has 1 aliphatic rings. The number of halogens is 5. The van der Waals surface area contributed by atoms with Gasteiger partial charge >= 0.3 is 5.57 Å². The Kier molecular flexibility index (Phi) is 9.15. The Morgan fingerprint density at radius 2 is 1.79 bits per heavy atom. The Bertz CT molecular complexity index is 1340. The molecule has 1 N–H and O–H groups in total. The molecule has 0 aromatic heterocycles. The summed E-state index contributed by atoms with van der Waals surface area (Å²) in [5, 5.41) is 2.93. The summed E-state index contributed by atoms with van der Waals surface area (Å²) in [5.74, 6) is -0.819. The lowest BCUT2D eigenvalue weighted by Crippen LogP contribution is -2.46. The number of anilines is 1. The van der Waals surface area contributed by atoms with Gasteiger partial charge in [-0.15, -0.1) is 8.78 Å². The molecule has 1 fully saturated rings. The zero-order valence-electron chi connectivity index (χ0n) is 19.5. The van der Waals surface area contributed by atoms with E-state index in [1.165, 1.54) is 35.2 Å². The van der Waals surface area contributed by atoms with E-state index in [-0.39, 0.29) is 23.1 Å². The van der Waals surface area contributed by atoms with Gasteiger partial charge in [-0.1, -0.05) is 65.3 Å². The number of nitrogens with zero attached hydrogens (tertiary/aromatic N) is 2. The topological polar surface area (TPSA) is 71.0 Å². The van der Waals surface area contributed by atoms with Gasteiger partial charge in [-0.05, 0) is 54.4 Å². The van der Waals surface area contributed by atoms with E-state index in [0.717, 1.165) is 17.3 Å². The average Bonchev–Trinajstić information content (AvgIpc) is 2.86. The molecule has 4 rings (SSSR count). The number of carbonyl (C=O) groups excluding carboxylic acids is 2. The second kappa shape index (κ2) is 12.3. The van der Waals surface area contributed by atoms with Crippen LogP contribution < -0.4 is 10.1 Å². The summed E-state index contributed by atoms with van der Waals surface area (Å²) in [4.78, 5) is 32.3. The van der Waals surface area contributed by atoms with Gasteiger partial charge in [0.1, 0.15) is 11.0 Å². The number of benzene rings is 3. The third-order valence-corrected chi connectivity index (χ3v) is 7.39. The van der Waals surface area contributed by atoms with Crippen molar-refractivity contribution >= 4 is 74.9 Å². The van der Waals surface area contributed by atoms with E-state index in [1.807, 2.05) is 30.3 Å². The molecule has 12 heteroatoms. The maximum Gasteiger partial charge on any atom is 0.487 e. The Balaban J connectivity index is 1.56. The molecular weight excluding hydrogens is 579 g/mol. The molecule has 6 nitrogen and oxygen atoms in total. The van der Waals surface area contributed by atoms with Crippen LogP contribution in [0.2, 0.25) is 10.0 Å². The van der Waals surface area contributed by atoms with Crippen LogP contribution in [0.3, 0.4) is 0 Å². The number of rotatable bonds is 8. The number of nitrogens with one attached hydrogen (secondary N) is 1. The molecule has 1 atom stereocenters. The van der Waals surface area contributed by atoms with Crippen LogP contribution in [-0.4, -0.2) is 39.2 Å². The number of carbonyl (C=O) groups is 2. The molecule has 3 aromatic rings. The average molecular weight is 599 g/mol. The van der Waals surface area contributed by atoms with E-state index in [0.29, 0.717) is 34.5 Å². The highest BCUT2D eigenvalue weighted by Crippen LogP contribution is 2.32. The van der Waals surface area contributed by atoms with E-state index < -0.39 is 16.7 Å². The Morgan fingerprint density at radius 1 is 1.08 bits per heavy atom. The molecule has 198 valence electrons. The molecule has 0 unspecified atom stereocenters. The number of aliphatic imine (C=N–C) groups is 1. The lowest BCUT2D eigenvalue weighted by molar-refractivity contribution is -0.129. The van der Waals surface area contributed by atoms with Gasteiger partial charge < -0.3 is 10.1 Å². The summed E-state index contributed by atoms with van der Waals surface area (Å²) in [5.41, 5.74) is -2.00. The molecule has 0 bridgehead atoms. The van der Waals surface area contributed by atoms with Crippen LogP contribution in [0.15, 0.2) is 77.8 Å². The number of hydrogen-bond donors (Lipinski definition) is 1. The van der Waals surface area contributed by atoms with Crippen molar-refractivity contribution in [2.45, 2.75) is 23.7 Å². The predicted molar refractivity (Wildman–Crippen MR) is 148 cm³/mol. The number of hydrogen-bond acceptors (Lipinski definition) is 5. The van der Waals surface area contributed by atoms with Crippen LogP contribution in [0.4, 0.5) is 20.2 Å². The molecule has 1 saturated heterocycles. The number of ether oxygens (including phenoxy) is 1. The van der Waals surface area contributed by atoms with Gasteiger partial charge in [0, 0.05) is 30.3 Å². The third kappa shape index (κ3) is 7.83. The molecule has 1 aliphatic heterocycles. The quantitative estimate of drug-likeness (QED) is 0.275. The first-order chi connectivity index (χ1) is 18.1. The number of amides is 2. The number of amidine groups is 1. The van der Waals surface area contributed by atoms with Crippen molar-refractivity contribution in [3.05, 3.63) is 88.4 Å². The summed E-state index contributed by atoms with van der Waals surface area (Å²) in [6.07, 6.45) is 0.535. The SMILES string of the molecule is O=C(Nc1ccc(Cl)c(Cl)c1)[C@H]1CC(=O)N(CCc2ccccc2)C(=Nc2ccc(OC(F)(F)Cl)cc2)S1. The highest BCUT2D eigenvalue weighted by atomic mass is 35.5. The van der Waals surface area contributed by atoms with Gasteiger partial charge in [-0.2, -0.15) is 0 Å². The van der Waals surface area contributed by atoms with Crippen LogP contribution in [0.1, 0.15) is 12.0 Å². The van der Waals surface area contributed by atoms with Crippen molar-refractivity contribution in [1.82, 2.24) is 4.90 Å². The maximum absolute atomic E-state index is 13.2. The number of alkyl halides is 3. The van der Waals surface area contributed by atoms with Gasteiger partial charge in [0.2, 0.25) is 11.8 Å². The minimum absolute atomic E-state index is 0.0385. The van der Waals surface area contributed by atoms with E-state index >= 15 is 0 Å². The molecule has 1 heterocycles. The summed E-state index contributed by atoms with van der Waals surface area (Å²) in [6, 6.07) is 19.8. The zero-order valence-corrected chi connectivity index (χ0v) is 22.6. The largest absolute Gasteiger partial charge is 0.487 e. The summed E-state index contributed by atoms with van der Waals surface area (Å²) >= 11 is 17.9. The second-order valence-electron chi connectivity index (χ2n) is 8.15. The molecular formula is C26H20Cl3F2N3O3S. The van der Waals surface area contributed by atoms with Crippen molar-refractivity contribution in [2.24, 2.45) is 4.99 Å². The standard InChI is InChI=1S/C26H20Cl3F2N3O3S/c27-20-11-8-18(14-21(20)28)32-24(36)22-15-23(35)34(13-12-16-4-2-1-3-5-16)25(38-22)33-17-6-9-19(10-7-17)37-26(29,30)31/h1-11,14,22H,12-13,15H2,(H,32,36)/t22-/m1/s1. The first kappa shape index (κ1) is 28.2. The number of thioether (sulfide) groups is 1. The lowest BCUT2D eigenvalue weighted by atomic mass is 10.1. The highest BCUT2D eigenvalue weighted by Gasteiger charge is 2.36. The normalized spacial score (nSPS) is 17.0. The van der Waals surface area contributed by atoms with Gasteiger partial charge in [0.25, 0.3) is 0 Å². The summed E-state index contributed by atoms with van der Waals surface area (Å²) in [7, 11) is 0. The smallest absolute Gasteiger partial charge is 0.420 e. The monoisotopic (exact) mass is 597 g/mol. The van der Waals surface area contributed by atoms with Crippen LogP contribution in [0.5, 0.6) is 5.75 Å². The molecule has 38 heavy (non-hydrogen) atoms. The first-order valence-electron chi connectivity index (χ1n) is 11.3. The zero-order chi connectivity index (χ0) is 27.3. The Morgan fingerprint density at radius 3 is 2.45 bits per heavy atom. The summed E-state index contributed by atoms with van der Waals surface area (Å²) in [6.45, 7) is 0.343. The van der Waals surface area contributed by atoms with Gasteiger partial charge in [-0.3, -0.25) is 14.5 Å². The lowest BCUT2D eigenvalue weighted by Gasteiger charge is -2.32. The predicted octanol–water partition coefficient (Wildman–Crippen LogP) is 7.36.